The van der Waals surface area contributed by atoms with Crippen molar-refractivity contribution < 1.29 is 17.9 Å². The number of pyridine rings is 1. The molecule has 0 aromatic carbocycles. The number of rotatable bonds is 4. The molecule has 16 heavy (non-hydrogen) atoms. The molecule has 0 atom stereocenters. The average Bonchev–Trinajstić information content (AvgIpc) is 2.14. The Balaban J connectivity index is 2.51. The van der Waals surface area contributed by atoms with Crippen LogP contribution in [-0.2, 0) is 0 Å². The molecule has 1 rings (SSSR count). The smallest absolute Gasteiger partial charge is 0.422 e. The van der Waals surface area contributed by atoms with Gasteiger partial charge < -0.3 is 10.1 Å². The molecule has 1 heterocycles. The van der Waals surface area contributed by atoms with Gasteiger partial charge in [-0.2, -0.15) is 13.2 Å². The number of alkyl halides is 3. The van der Waals surface area contributed by atoms with Gasteiger partial charge in [-0.1, -0.05) is 0 Å². The Kier molecular flexibility index (Phi) is 3.98. The van der Waals surface area contributed by atoms with E-state index in [-0.39, 0.29) is 11.8 Å². The molecule has 0 fully saturated rings. The van der Waals surface area contributed by atoms with Crippen LogP contribution in [0.15, 0.2) is 18.3 Å². The second-order valence-corrected chi connectivity index (χ2v) is 3.58. The van der Waals surface area contributed by atoms with Crippen molar-refractivity contribution in [2.45, 2.75) is 26.1 Å². The standard InChI is InChI=1S/C10H13F3N2O/c1-7(2)15-9-4-3-8(5-14-9)16-6-10(11,12)13/h3-5,7H,6H2,1-2H3,(H,14,15). The Hall–Kier alpha value is -1.46. The van der Waals surface area contributed by atoms with Gasteiger partial charge in [-0.15, -0.1) is 0 Å². The third kappa shape index (κ3) is 4.86. The molecular formula is C10H13F3N2O. The minimum atomic E-state index is -4.32. The van der Waals surface area contributed by atoms with E-state index in [1.54, 1.807) is 6.07 Å². The van der Waals surface area contributed by atoms with E-state index in [0.717, 1.165) is 0 Å². The lowest BCUT2D eigenvalue weighted by atomic mass is 10.3. The van der Waals surface area contributed by atoms with Gasteiger partial charge in [-0.05, 0) is 26.0 Å². The first-order valence-electron chi connectivity index (χ1n) is 4.79. The number of nitrogens with one attached hydrogen (secondary N) is 1. The highest BCUT2D eigenvalue weighted by Gasteiger charge is 2.28. The van der Waals surface area contributed by atoms with Crippen LogP contribution in [0, 0.1) is 0 Å². The highest BCUT2D eigenvalue weighted by molar-refractivity contribution is 5.37. The minimum Gasteiger partial charge on any atom is -0.483 e. The molecule has 1 aromatic heterocycles. The maximum Gasteiger partial charge on any atom is 0.422 e. The number of hydrogen-bond donors (Lipinski definition) is 1. The fourth-order valence-electron chi connectivity index (χ4n) is 1.01. The summed E-state index contributed by atoms with van der Waals surface area (Å²) in [5, 5.41) is 3.02. The number of ether oxygens (including phenoxy) is 1. The van der Waals surface area contributed by atoms with Crippen molar-refractivity contribution >= 4 is 5.82 Å². The van der Waals surface area contributed by atoms with Crippen LogP contribution in [0.25, 0.3) is 0 Å². The van der Waals surface area contributed by atoms with Crippen LogP contribution in [0.4, 0.5) is 19.0 Å². The molecule has 0 radical (unpaired) electrons. The van der Waals surface area contributed by atoms with Crippen LogP contribution in [0.3, 0.4) is 0 Å². The van der Waals surface area contributed by atoms with Crippen molar-refractivity contribution in [3.8, 4) is 5.75 Å². The Labute approximate surface area is 91.6 Å². The SMILES string of the molecule is CC(C)Nc1ccc(OCC(F)(F)F)cn1. The van der Waals surface area contributed by atoms with Gasteiger partial charge in [0.15, 0.2) is 6.61 Å². The third-order valence-corrected chi connectivity index (χ3v) is 1.58. The summed E-state index contributed by atoms with van der Waals surface area (Å²) in [6, 6.07) is 3.24. The Morgan fingerprint density at radius 1 is 1.38 bits per heavy atom. The van der Waals surface area contributed by atoms with Crippen LogP contribution < -0.4 is 10.1 Å². The molecule has 0 aliphatic heterocycles. The molecule has 3 nitrogen and oxygen atoms in total. The van der Waals surface area contributed by atoms with Crippen LogP contribution in [0.1, 0.15) is 13.8 Å². The van der Waals surface area contributed by atoms with Crippen LogP contribution in [-0.4, -0.2) is 23.8 Å². The molecule has 0 unspecified atom stereocenters. The third-order valence-electron chi connectivity index (χ3n) is 1.58. The van der Waals surface area contributed by atoms with Crippen molar-refractivity contribution in [1.29, 1.82) is 0 Å². The van der Waals surface area contributed by atoms with E-state index in [4.69, 9.17) is 0 Å². The molecule has 0 saturated heterocycles. The quantitative estimate of drug-likeness (QED) is 0.869. The molecule has 0 amide bonds. The lowest BCUT2D eigenvalue weighted by molar-refractivity contribution is -0.153. The van der Waals surface area contributed by atoms with E-state index in [0.29, 0.717) is 5.82 Å². The zero-order chi connectivity index (χ0) is 12.2. The maximum atomic E-state index is 11.8. The van der Waals surface area contributed by atoms with E-state index in [2.05, 4.69) is 15.0 Å². The first-order chi connectivity index (χ1) is 7.37. The number of halogens is 3. The number of hydrogen-bond acceptors (Lipinski definition) is 3. The summed E-state index contributed by atoms with van der Waals surface area (Å²) in [7, 11) is 0. The van der Waals surface area contributed by atoms with Crippen molar-refractivity contribution in [1.82, 2.24) is 4.98 Å². The van der Waals surface area contributed by atoms with Crippen LogP contribution in [0.5, 0.6) is 5.75 Å². The Bertz CT molecular complexity index is 322. The van der Waals surface area contributed by atoms with E-state index in [9.17, 15) is 13.2 Å². The molecule has 0 saturated carbocycles. The summed E-state index contributed by atoms with van der Waals surface area (Å²) in [6.07, 6.45) is -3.06. The molecule has 1 aromatic rings. The first kappa shape index (κ1) is 12.6. The highest BCUT2D eigenvalue weighted by Crippen LogP contribution is 2.18. The predicted molar refractivity (Wildman–Crippen MR) is 54.5 cm³/mol. The summed E-state index contributed by atoms with van der Waals surface area (Å²) in [4.78, 5) is 3.92. The van der Waals surface area contributed by atoms with Crippen molar-refractivity contribution in [3.05, 3.63) is 18.3 Å². The van der Waals surface area contributed by atoms with Crippen molar-refractivity contribution in [3.63, 3.8) is 0 Å². The minimum absolute atomic E-state index is 0.103. The molecule has 0 aliphatic carbocycles. The fourth-order valence-corrected chi connectivity index (χ4v) is 1.01. The van der Waals surface area contributed by atoms with Gasteiger partial charge in [0.1, 0.15) is 11.6 Å². The summed E-state index contributed by atoms with van der Waals surface area (Å²) in [5.74, 6) is 0.709. The zero-order valence-corrected chi connectivity index (χ0v) is 9.01. The Morgan fingerprint density at radius 2 is 2.06 bits per heavy atom. The van der Waals surface area contributed by atoms with E-state index >= 15 is 0 Å². The summed E-state index contributed by atoms with van der Waals surface area (Å²) in [6.45, 7) is 2.58. The van der Waals surface area contributed by atoms with E-state index < -0.39 is 12.8 Å². The monoisotopic (exact) mass is 234 g/mol. The Morgan fingerprint density at radius 3 is 2.50 bits per heavy atom. The van der Waals surface area contributed by atoms with Gasteiger partial charge >= 0.3 is 6.18 Å². The summed E-state index contributed by atoms with van der Waals surface area (Å²) < 4.78 is 40.0. The van der Waals surface area contributed by atoms with Gasteiger partial charge in [0.05, 0.1) is 6.20 Å². The largest absolute Gasteiger partial charge is 0.483 e. The number of nitrogens with zero attached hydrogens (tertiary/aromatic N) is 1. The lowest BCUT2D eigenvalue weighted by Crippen LogP contribution is -2.19. The van der Waals surface area contributed by atoms with E-state index in [1.807, 2.05) is 13.8 Å². The van der Waals surface area contributed by atoms with Gasteiger partial charge in [0, 0.05) is 6.04 Å². The number of aromatic nitrogens is 1. The molecule has 6 heteroatoms. The average molecular weight is 234 g/mol. The fraction of sp³-hybridized carbons (Fsp3) is 0.500. The lowest BCUT2D eigenvalue weighted by Gasteiger charge is -2.11. The number of anilines is 1. The summed E-state index contributed by atoms with van der Waals surface area (Å²) in [5.41, 5.74) is 0. The molecule has 0 bridgehead atoms. The van der Waals surface area contributed by atoms with E-state index in [1.165, 1.54) is 12.3 Å². The second kappa shape index (κ2) is 5.05. The highest BCUT2D eigenvalue weighted by atomic mass is 19.4. The zero-order valence-electron chi connectivity index (χ0n) is 9.01. The van der Waals surface area contributed by atoms with Crippen molar-refractivity contribution in [2.24, 2.45) is 0 Å². The van der Waals surface area contributed by atoms with Gasteiger partial charge in [-0.25, -0.2) is 4.98 Å². The molecule has 0 spiro atoms. The maximum absolute atomic E-state index is 11.8. The van der Waals surface area contributed by atoms with Crippen molar-refractivity contribution in [2.75, 3.05) is 11.9 Å². The molecule has 90 valence electrons. The molecule has 1 N–H and O–H groups in total. The predicted octanol–water partition coefficient (Wildman–Crippen LogP) is 2.84. The normalized spacial score (nSPS) is 11.6. The van der Waals surface area contributed by atoms with Crippen LogP contribution >= 0.6 is 0 Å². The van der Waals surface area contributed by atoms with Gasteiger partial charge in [0.2, 0.25) is 0 Å². The molecular weight excluding hydrogens is 221 g/mol. The van der Waals surface area contributed by atoms with Gasteiger partial charge in [-0.3, -0.25) is 0 Å². The first-order valence-corrected chi connectivity index (χ1v) is 4.79. The van der Waals surface area contributed by atoms with Crippen LogP contribution in [0.2, 0.25) is 0 Å². The second-order valence-electron chi connectivity index (χ2n) is 3.58. The topological polar surface area (TPSA) is 34.1 Å². The summed E-state index contributed by atoms with van der Waals surface area (Å²) >= 11 is 0. The van der Waals surface area contributed by atoms with Gasteiger partial charge in [0.25, 0.3) is 0 Å². The molecule has 0 aliphatic rings.